The summed E-state index contributed by atoms with van der Waals surface area (Å²) < 4.78 is 0. The Bertz CT molecular complexity index is 154. The van der Waals surface area contributed by atoms with Crippen molar-refractivity contribution in [1.82, 2.24) is 5.32 Å². The van der Waals surface area contributed by atoms with E-state index in [1.807, 2.05) is 0 Å². The van der Waals surface area contributed by atoms with Gasteiger partial charge in [0.2, 0.25) is 0 Å². The van der Waals surface area contributed by atoms with Crippen LogP contribution in [-0.2, 0) is 0 Å². The van der Waals surface area contributed by atoms with E-state index >= 15 is 0 Å². The van der Waals surface area contributed by atoms with Crippen LogP contribution in [0.4, 0.5) is 0 Å². The molecule has 0 aromatic heterocycles. The number of hydrogen-bond donors (Lipinski definition) is 1. The molecule has 84 valence electrons. The zero-order valence-electron chi connectivity index (χ0n) is 9.94. The highest BCUT2D eigenvalue weighted by Crippen LogP contribution is 2.13. The lowest BCUT2D eigenvalue weighted by molar-refractivity contribution is 0.369. The van der Waals surface area contributed by atoms with E-state index in [1.54, 1.807) is 0 Å². The van der Waals surface area contributed by atoms with Crippen molar-refractivity contribution in [2.24, 2.45) is 11.8 Å². The summed E-state index contributed by atoms with van der Waals surface area (Å²) in [5, 5.41) is 4.15. The third kappa shape index (κ3) is 8.58. The molecule has 2 heteroatoms. The van der Waals surface area contributed by atoms with Crippen LogP contribution in [0.2, 0.25) is 0 Å². The van der Waals surface area contributed by atoms with E-state index in [4.69, 9.17) is 11.6 Å². The van der Waals surface area contributed by atoms with Crippen LogP contribution in [0.5, 0.6) is 0 Å². The molecule has 0 aliphatic rings. The van der Waals surface area contributed by atoms with Crippen LogP contribution in [0.3, 0.4) is 0 Å². The third-order valence-electron chi connectivity index (χ3n) is 2.09. The van der Waals surface area contributed by atoms with Gasteiger partial charge in [-0.3, -0.25) is 0 Å². The van der Waals surface area contributed by atoms with E-state index in [-0.39, 0.29) is 0 Å². The van der Waals surface area contributed by atoms with Gasteiger partial charge in [-0.05, 0) is 24.7 Å². The molecule has 0 bridgehead atoms. The zero-order valence-corrected chi connectivity index (χ0v) is 10.7. The maximum atomic E-state index is 5.74. The molecule has 0 rings (SSSR count). The van der Waals surface area contributed by atoms with Gasteiger partial charge in [-0.15, -0.1) is 0 Å². The molecule has 0 spiro atoms. The van der Waals surface area contributed by atoms with Crippen molar-refractivity contribution in [2.45, 2.75) is 46.6 Å². The van der Waals surface area contributed by atoms with Crippen molar-refractivity contribution in [2.75, 3.05) is 6.54 Å². The molecule has 1 nitrogen and oxygen atoms in total. The molecule has 0 amide bonds. The molecule has 0 aromatic carbocycles. The second-order valence-electron chi connectivity index (χ2n) is 4.85. The topological polar surface area (TPSA) is 12.0 Å². The number of rotatable bonds is 7. The minimum atomic E-state index is 0.575. The molecule has 1 N–H and O–H groups in total. The molecule has 0 saturated carbocycles. The quantitative estimate of drug-likeness (QED) is 0.684. The normalized spacial score (nSPS) is 11.7. The first-order valence-electron chi connectivity index (χ1n) is 5.48. The van der Waals surface area contributed by atoms with E-state index in [2.05, 4.69) is 39.6 Å². The van der Waals surface area contributed by atoms with Crippen LogP contribution in [0.15, 0.2) is 11.6 Å². The number of hydrogen-bond acceptors (Lipinski definition) is 1. The predicted octanol–water partition coefficient (Wildman–Crippen LogP) is 3.79. The molecule has 0 fully saturated rings. The van der Waals surface area contributed by atoms with E-state index in [1.165, 1.54) is 12.8 Å². The molecule has 0 aliphatic heterocycles. The maximum absolute atomic E-state index is 5.74. The van der Waals surface area contributed by atoms with Gasteiger partial charge in [-0.25, -0.2) is 0 Å². The summed E-state index contributed by atoms with van der Waals surface area (Å²) in [6, 6.07) is 0.575. The predicted molar refractivity (Wildman–Crippen MR) is 65.7 cm³/mol. The Morgan fingerprint density at radius 3 is 1.86 bits per heavy atom. The minimum absolute atomic E-state index is 0.575. The summed E-state index contributed by atoms with van der Waals surface area (Å²) in [7, 11) is 0. The molecule has 0 heterocycles. The summed E-state index contributed by atoms with van der Waals surface area (Å²) in [5.41, 5.74) is 0. The lowest BCUT2D eigenvalue weighted by Gasteiger charge is -2.22. The molecule has 0 saturated heterocycles. The standard InChI is InChI=1S/C12H24ClN/c1-9(2)6-12(7-10(3)4)14-8-11(5)13/h9-10,12,14H,5-8H2,1-4H3. The molecule has 14 heavy (non-hydrogen) atoms. The Labute approximate surface area is 93.9 Å². The van der Waals surface area contributed by atoms with Gasteiger partial charge in [-0.2, -0.15) is 0 Å². The second-order valence-corrected chi connectivity index (χ2v) is 5.39. The van der Waals surface area contributed by atoms with Gasteiger partial charge in [0.1, 0.15) is 0 Å². The first kappa shape index (κ1) is 14.0. The highest BCUT2D eigenvalue weighted by molar-refractivity contribution is 6.29. The molecule has 0 aromatic rings. The molecular weight excluding hydrogens is 194 g/mol. The van der Waals surface area contributed by atoms with Crippen molar-refractivity contribution in [3.63, 3.8) is 0 Å². The van der Waals surface area contributed by atoms with E-state index < -0.39 is 0 Å². The average Bonchev–Trinajstić information content (AvgIpc) is 1.97. The summed E-state index contributed by atoms with van der Waals surface area (Å²) in [4.78, 5) is 0. The van der Waals surface area contributed by atoms with Gasteiger partial charge in [0.15, 0.2) is 0 Å². The lowest BCUT2D eigenvalue weighted by atomic mass is 9.96. The van der Waals surface area contributed by atoms with E-state index in [9.17, 15) is 0 Å². The Kier molecular flexibility index (Phi) is 7.30. The fourth-order valence-electron chi connectivity index (χ4n) is 1.66. The number of nitrogens with one attached hydrogen (secondary N) is 1. The summed E-state index contributed by atoms with van der Waals surface area (Å²) in [6.45, 7) is 13.4. The minimum Gasteiger partial charge on any atom is -0.309 e. The lowest BCUT2D eigenvalue weighted by Crippen LogP contribution is -2.32. The SMILES string of the molecule is C=C(Cl)CNC(CC(C)C)CC(C)C. The van der Waals surface area contributed by atoms with Gasteiger partial charge >= 0.3 is 0 Å². The van der Waals surface area contributed by atoms with Gasteiger partial charge in [-0.1, -0.05) is 45.9 Å². The van der Waals surface area contributed by atoms with Crippen molar-refractivity contribution in [1.29, 1.82) is 0 Å². The smallest absolute Gasteiger partial charge is 0.0310 e. The Morgan fingerprint density at radius 2 is 1.57 bits per heavy atom. The van der Waals surface area contributed by atoms with Crippen molar-refractivity contribution in [3.8, 4) is 0 Å². The molecule has 0 aliphatic carbocycles. The van der Waals surface area contributed by atoms with E-state index in [0.717, 1.165) is 18.4 Å². The van der Waals surface area contributed by atoms with Crippen molar-refractivity contribution >= 4 is 11.6 Å². The van der Waals surface area contributed by atoms with E-state index in [0.29, 0.717) is 11.1 Å². The molecule has 0 unspecified atom stereocenters. The van der Waals surface area contributed by atoms with Crippen LogP contribution < -0.4 is 5.32 Å². The Balaban J connectivity index is 3.90. The van der Waals surface area contributed by atoms with Gasteiger partial charge in [0.05, 0.1) is 0 Å². The molecule has 0 radical (unpaired) electrons. The van der Waals surface area contributed by atoms with Crippen LogP contribution in [0, 0.1) is 11.8 Å². The van der Waals surface area contributed by atoms with Crippen LogP contribution >= 0.6 is 11.6 Å². The number of halogens is 1. The first-order chi connectivity index (χ1) is 6.41. The Morgan fingerprint density at radius 1 is 1.14 bits per heavy atom. The summed E-state index contributed by atoms with van der Waals surface area (Å²) >= 11 is 5.74. The monoisotopic (exact) mass is 217 g/mol. The van der Waals surface area contributed by atoms with Crippen LogP contribution in [0.25, 0.3) is 0 Å². The average molecular weight is 218 g/mol. The van der Waals surface area contributed by atoms with Crippen molar-refractivity contribution in [3.05, 3.63) is 11.6 Å². The summed E-state index contributed by atoms with van der Waals surface area (Å²) in [6.07, 6.45) is 2.42. The molecular formula is C12H24ClN. The maximum Gasteiger partial charge on any atom is 0.0310 e. The first-order valence-corrected chi connectivity index (χ1v) is 5.86. The van der Waals surface area contributed by atoms with Gasteiger partial charge < -0.3 is 5.32 Å². The van der Waals surface area contributed by atoms with Crippen LogP contribution in [-0.4, -0.2) is 12.6 Å². The van der Waals surface area contributed by atoms with Crippen LogP contribution in [0.1, 0.15) is 40.5 Å². The van der Waals surface area contributed by atoms with Gasteiger partial charge in [0, 0.05) is 17.6 Å². The van der Waals surface area contributed by atoms with Crippen molar-refractivity contribution < 1.29 is 0 Å². The highest BCUT2D eigenvalue weighted by Gasteiger charge is 2.11. The second kappa shape index (κ2) is 7.30. The van der Waals surface area contributed by atoms with Gasteiger partial charge in [0.25, 0.3) is 0 Å². The Hall–Kier alpha value is -0.0100. The third-order valence-corrected chi connectivity index (χ3v) is 2.23. The fraction of sp³-hybridized carbons (Fsp3) is 0.833. The largest absolute Gasteiger partial charge is 0.309 e. The fourth-order valence-corrected chi connectivity index (χ4v) is 1.73. The zero-order chi connectivity index (χ0) is 11.1. The molecule has 0 atom stereocenters. The summed E-state index contributed by atoms with van der Waals surface area (Å²) in [5.74, 6) is 1.46. The highest BCUT2D eigenvalue weighted by atomic mass is 35.5.